The molecule has 1 atom stereocenters. The summed E-state index contributed by atoms with van der Waals surface area (Å²) in [6.45, 7) is 1.82. The second-order valence-electron chi connectivity index (χ2n) is 7.98. The average molecular weight is 488 g/mol. The lowest BCUT2D eigenvalue weighted by Crippen LogP contribution is -2.32. The maximum Gasteiger partial charge on any atom is 0.255 e. The fourth-order valence-corrected chi connectivity index (χ4v) is 4.31. The molecule has 5 rings (SSSR count). The van der Waals surface area contributed by atoms with Crippen molar-refractivity contribution >= 4 is 17.5 Å². The van der Waals surface area contributed by atoms with Crippen molar-refractivity contribution in [1.29, 1.82) is 0 Å². The quantitative estimate of drug-likeness (QED) is 0.392. The van der Waals surface area contributed by atoms with Gasteiger partial charge < -0.3 is 29.3 Å². The molecule has 184 valence electrons. The number of benzene rings is 2. The molecule has 36 heavy (non-hydrogen) atoms. The molecule has 0 radical (unpaired) electrons. The molecule has 2 aromatic carbocycles. The molecule has 0 aliphatic carbocycles. The standard InChI is InChI=1S/C26H25N5O5/c1-15-21(25(32)28-17-10-5-6-11-18(17)33-2)22(16-9-7-12-19(34-3)23(16)35-4)31-26(27-15)29-24(30-31)20-13-8-14-36-20/h5-14,22H,1-4H3,(H,28,32)(H,27,29,30). The Kier molecular flexibility index (Phi) is 6.07. The first-order valence-electron chi connectivity index (χ1n) is 11.2. The van der Waals surface area contributed by atoms with E-state index >= 15 is 0 Å². The largest absolute Gasteiger partial charge is 0.495 e. The van der Waals surface area contributed by atoms with Gasteiger partial charge in [-0.1, -0.05) is 24.3 Å². The van der Waals surface area contributed by atoms with E-state index in [0.29, 0.717) is 57.3 Å². The smallest absolute Gasteiger partial charge is 0.255 e. The van der Waals surface area contributed by atoms with Gasteiger partial charge in [0, 0.05) is 11.3 Å². The van der Waals surface area contributed by atoms with Crippen molar-refractivity contribution in [3.05, 3.63) is 77.7 Å². The Labute approximate surface area is 207 Å². The van der Waals surface area contributed by atoms with Crippen LogP contribution in [0.1, 0.15) is 18.5 Å². The third kappa shape index (κ3) is 3.92. The molecule has 0 bridgehead atoms. The lowest BCUT2D eigenvalue weighted by Gasteiger charge is -2.30. The summed E-state index contributed by atoms with van der Waals surface area (Å²) < 4.78 is 23.8. The van der Waals surface area contributed by atoms with Gasteiger partial charge in [-0.3, -0.25) is 4.79 Å². The Morgan fingerprint density at radius 3 is 2.50 bits per heavy atom. The summed E-state index contributed by atoms with van der Waals surface area (Å²) in [5.41, 5.74) is 2.27. The molecule has 0 saturated carbocycles. The highest BCUT2D eigenvalue weighted by molar-refractivity contribution is 6.06. The number of amides is 1. The van der Waals surface area contributed by atoms with E-state index in [1.807, 2.05) is 31.2 Å². The van der Waals surface area contributed by atoms with Crippen LogP contribution in [0.5, 0.6) is 17.2 Å². The van der Waals surface area contributed by atoms with Crippen molar-refractivity contribution in [1.82, 2.24) is 14.8 Å². The van der Waals surface area contributed by atoms with E-state index in [9.17, 15) is 4.79 Å². The monoisotopic (exact) mass is 487 g/mol. The Morgan fingerprint density at radius 2 is 1.78 bits per heavy atom. The Bertz CT molecular complexity index is 1440. The van der Waals surface area contributed by atoms with Crippen LogP contribution in [0.3, 0.4) is 0 Å². The van der Waals surface area contributed by atoms with Crippen LogP contribution < -0.4 is 24.8 Å². The summed E-state index contributed by atoms with van der Waals surface area (Å²) in [6.07, 6.45) is 1.56. The average Bonchev–Trinajstić information content (AvgIpc) is 3.57. The highest BCUT2D eigenvalue weighted by Crippen LogP contribution is 2.43. The molecule has 2 N–H and O–H groups in total. The highest BCUT2D eigenvalue weighted by atomic mass is 16.5. The molecule has 1 unspecified atom stereocenters. The number of anilines is 2. The second kappa shape index (κ2) is 9.49. The SMILES string of the molecule is COc1ccccc1NC(=O)C1=C(C)Nc2nc(-c3ccco3)nn2C1c1cccc(OC)c1OC. The van der Waals surface area contributed by atoms with Gasteiger partial charge in [-0.15, -0.1) is 5.10 Å². The summed E-state index contributed by atoms with van der Waals surface area (Å²) in [5.74, 6) is 2.58. The zero-order valence-corrected chi connectivity index (χ0v) is 20.2. The lowest BCUT2D eigenvalue weighted by atomic mass is 9.94. The number of methoxy groups -OCH3 is 3. The minimum atomic E-state index is -0.683. The van der Waals surface area contributed by atoms with E-state index in [2.05, 4.69) is 15.6 Å². The van der Waals surface area contributed by atoms with Crippen molar-refractivity contribution in [3.63, 3.8) is 0 Å². The number of nitrogens with one attached hydrogen (secondary N) is 2. The molecule has 2 aromatic heterocycles. The van der Waals surface area contributed by atoms with Gasteiger partial charge in [0.1, 0.15) is 11.8 Å². The number of carbonyl (C=O) groups excluding carboxylic acids is 1. The topological polar surface area (TPSA) is 113 Å². The number of allylic oxidation sites excluding steroid dienone is 1. The first kappa shape index (κ1) is 23.0. The molecule has 0 saturated heterocycles. The van der Waals surface area contributed by atoms with Crippen LogP contribution in [0, 0.1) is 0 Å². The van der Waals surface area contributed by atoms with Crippen LogP contribution >= 0.6 is 0 Å². The van der Waals surface area contributed by atoms with E-state index < -0.39 is 6.04 Å². The van der Waals surface area contributed by atoms with E-state index in [4.69, 9.17) is 23.7 Å². The number of aromatic nitrogens is 3. The fourth-order valence-electron chi connectivity index (χ4n) is 4.31. The minimum Gasteiger partial charge on any atom is -0.495 e. The molecule has 3 heterocycles. The molecule has 1 aliphatic rings. The highest BCUT2D eigenvalue weighted by Gasteiger charge is 2.37. The number of fused-ring (bicyclic) bond motifs is 1. The van der Waals surface area contributed by atoms with Crippen molar-refractivity contribution in [2.75, 3.05) is 32.0 Å². The van der Waals surface area contributed by atoms with E-state index in [-0.39, 0.29) is 5.91 Å². The van der Waals surface area contributed by atoms with Crippen molar-refractivity contribution < 1.29 is 23.4 Å². The lowest BCUT2D eigenvalue weighted by molar-refractivity contribution is -0.113. The molecule has 1 amide bonds. The maximum atomic E-state index is 13.8. The molecule has 10 heteroatoms. The Hall–Kier alpha value is -4.73. The second-order valence-corrected chi connectivity index (χ2v) is 7.98. The molecule has 0 spiro atoms. The summed E-state index contributed by atoms with van der Waals surface area (Å²) in [5, 5.41) is 10.9. The Balaban J connectivity index is 1.66. The molecule has 4 aromatic rings. The number of hydrogen-bond donors (Lipinski definition) is 2. The molecular formula is C26H25N5O5. The number of ether oxygens (including phenoxy) is 3. The molecule has 1 aliphatic heterocycles. The van der Waals surface area contributed by atoms with Crippen LogP contribution in [-0.4, -0.2) is 42.0 Å². The summed E-state index contributed by atoms with van der Waals surface area (Å²) in [7, 11) is 4.68. The molecule has 0 fully saturated rings. The summed E-state index contributed by atoms with van der Waals surface area (Å²) in [4.78, 5) is 18.4. The number of rotatable bonds is 7. The molecule has 10 nitrogen and oxygen atoms in total. The Morgan fingerprint density at radius 1 is 1.00 bits per heavy atom. The van der Waals surface area contributed by atoms with Crippen molar-refractivity contribution in [2.45, 2.75) is 13.0 Å². The predicted octanol–water partition coefficient (Wildman–Crippen LogP) is 4.49. The van der Waals surface area contributed by atoms with Crippen LogP contribution in [0.2, 0.25) is 0 Å². The van der Waals surface area contributed by atoms with Gasteiger partial charge in [0.05, 0.1) is 38.9 Å². The van der Waals surface area contributed by atoms with Crippen LogP contribution in [-0.2, 0) is 4.79 Å². The minimum absolute atomic E-state index is 0.333. The zero-order valence-electron chi connectivity index (χ0n) is 20.2. The first-order valence-corrected chi connectivity index (χ1v) is 11.2. The van der Waals surface area contributed by atoms with Crippen molar-refractivity contribution in [2.24, 2.45) is 0 Å². The van der Waals surface area contributed by atoms with E-state index in [1.165, 1.54) is 0 Å². The van der Waals surface area contributed by atoms with Gasteiger partial charge in [-0.25, -0.2) is 4.68 Å². The number of furan rings is 1. The number of para-hydroxylation sites is 3. The van der Waals surface area contributed by atoms with E-state index in [0.717, 1.165) is 0 Å². The number of nitrogens with zero attached hydrogens (tertiary/aromatic N) is 3. The van der Waals surface area contributed by atoms with Crippen LogP contribution in [0.15, 0.2) is 76.5 Å². The molecular weight excluding hydrogens is 462 g/mol. The summed E-state index contributed by atoms with van der Waals surface area (Å²) in [6, 6.07) is 15.6. The maximum absolute atomic E-state index is 13.8. The first-order chi connectivity index (χ1) is 17.5. The van der Waals surface area contributed by atoms with Gasteiger partial charge in [-0.2, -0.15) is 4.98 Å². The fraction of sp³-hybridized carbons (Fsp3) is 0.192. The van der Waals surface area contributed by atoms with Gasteiger partial charge in [-0.05, 0) is 37.3 Å². The third-order valence-electron chi connectivity index (χ3n) is 5.92. The van der Waals surface area contributed by atoms with Gasteiger partial charge in [0.2, 0.25) is 11.8 Å². The van der Waals surface area contributed by atoms with Crippen molar-refractivity contribution in [3.8, 4) is 28.8 Å². The number of carbonyl (C=O) groups is 1. The van der Waals surface area contributed by atoms with Crippen LogP contribution in [0.25, 0.3) is 11.6 Å². The normalized spacial score (nSPS) is 14.6. The van der Waals surface area contributed by atoms with Gasteiger partial charge in [0.15, 0.2) is 17.3 Å². The van der Waals surface area contributed by atoms with Gasteiger partial charge in [0.25, 0.3) is 5.91 Å². The van der Waals surface area contributed by atoms with Crippen LogP contribution in [0.4, 0.5) is 11.6 Å². The summed E-state index contributed by atoms with van der Waals surface area (Å²) >= 11 is 0. The number of hydrogen-bond acceptors (Lipinski definition) is 8. The van der Waals surface area contributed by atoms with Gasteiger partial charge >= 0.3 is 0 Å². The third-order valence-corrected chi connectivity index (χ3v) is 5.92. The predicted molar refractivity (Wildman–Crippen MR) is 133 cm³/mol. The zero-order chi connectivity index (χ0) is 25.2. The van der Waals surface area contributed by atoms with E-state index in [1.54, 1.807) is 62.6 Å².